The van der Waals surface area contributed by atoms with Gasteiger partial charge in [-0.1, -0.05) is 20.8 Å². The molecule has 7 nitrogen and oxygen atoms in total. The fourth-order valence-corrected chi connectivity index (χ4v) is 1.85. The van der Waals surface area contributed by atoms with Gasteiger partial charge < -0.3 is 20.7 Å². The number of H-pyrrole nitrogens is 1. The summed E-state index contributed by atoms with van der Waals surface area (Å²) >= 11 is 0. The minimum Gasteiger partial charge on any atom is -0.394 e. The number of imidazole rings is 1. The Kier molecular flexibility index (Phi) is 4.73. The SMILES string of the molecule is CCCNc1nc(NC(CO)C(C)C)c2[nH]cnc2n1. The van der Waals surface area contributed by atoms with E-state index in [9.17, 15) is 5.11 Å². The Morgan fingerprint density at radius 1 is 1.35 bits per heavy atom. The minimum absolute atomic E-state index is 0.0506. The van der Waals surface area contributed by atoms with Crippen molar-refractivity contribution >= 4 is 22.9 Å². The van der Waals surface area contributed by atoms with E-state index in [1.807, 2.05) is 0 Å². The zero-order valence-corrected chi connectivity index (χ0v) is 12.1. The number of rotatable bonds is 7. The van der Waals surface area contributed by atoms with Crippen molar-refractivity contribution in [3.8, 4) is 0 Å². The second-order valence-electron chi connectivity index (χ2n) is 5.10. The molecule has 20 heavy (non-hydrogen) atoms. The molecule has 0 radical (unpaired) electrons. The summed E-state index contributed by atoms with van der Waals surface area (Å²) in [4.78, 5) is 16.0. The molecule has 0 spiro atoms. The van der Waals surface area contributed by atoms with Gasteiger partial charge in [0.25, 0.3) is 0 Å². The number of fused-ring (bicyclic) bond motifs is 1. The number of aliphatic hydroxyl groups is 1. The molecule has 1 unspecified atom stereocenters. The van der Waals surface area contributed by atoms with Crippen molar-refractivity contribution in [1.29, 1.82) is 0 Å². The summed E-state index contributed by atoms with van der Waals surface area (Å²) in [5.41, 5.74) is 1.37. The van der Waals surface area contributed by atoms with Crippen LogP contribution in [0.1, 0.15) is 27.2 Å². The van der Waals surface area contributed by atoms with Gasteiger partial charge in [0.1, 0.15) is 5.52 Å². The van der Waals surface area contributed by atoms with Crippen molar-refractivity contribution < 1.29 is 5.11 Å². The lowest BCUT2D eigenvalue weighted by Crippen LogP contribution is -2.30. The molecule has 2 aromatic rings. The third-order valence-corrected chi connectivity index (χ3v) is 3.14. The van der Waals surface area contributed by atoms with Crippen LogP contribution in [0.25, 0.3) is 11.2 Å². The highest BCUT2D eigenvalue weighted by molar-refractivity contribution is 5.83. The first-order chi connectivity index (χ1) is 9.65. The van der Waals surface area contributed by atoms with Crippen LogP contribution in [0.3, 0.4) is 0 Å². The molecule has 2 heterocycles. The normalized spacial score (nSPS) is 12.8. The molecule has 110 valence electrons. The molecule has 2 aromatic heterocycles. The van der Waals surface area contributed by atoms with E-state index >= 15 is 0 Å². The quantitative estimate of drug-likeness (QED) is 0.614. The Hall–Kier alpha value is -1.89. The number of hydrogen-bond acceptors (Lipinski definition) is 6. The standard InChI is InChI=1S/C13H22N6O/c1-4-5-14-13-18-11-10(15-7-16-11)12(19-13)17-9(6-20)8(2)3/h7-9,20H,4-6H2,1-3H3,(H3,14,15,16,17,18,19). The first-order valence-corrected chi connectivity index (χ1v) is 6.98. The molecule has 2 rings (SSSR count). The van der Waals surface area contributed by atoms with E-state index in [4.69, 9.17) is 0 Å². The molecule has 7 heteroatoms. The highest BCUT2D eigenvalue weighted by Gasteiger charge is 2.16. The van der Waals surface area contributed by atoms with Crippen molar-refractivity contribution in [2.75, 3.05) is 23.8 Å². The maximum Gasteiger partial charge on any atom is 0.226 e. The van der Waals surface area contributed by atoms with E-state index in [0.717, 1.165) is 18.5 Å². The van der Waals surface area contributed by atoms with Gasteiger partial charge in [-0.3, -0.25) is 0 Å². The number of anilines is 2. The topological polar surface area (TPSA) is 98.8 Å². The molecule has 1 atom stereocenters. The average Bonchev–Trinajstić information content (AvgIpc) is 2.90. The molecule has 0 aliphatic rings. The summed E-state index contributed by atoms with van der Waals surface area (Å²) in [6.07, 6.45) is 2.59. The minimum atomic E-state index is -0.0598. The van der Waals surface area contributed by atoms with Crippen LogP contribution in [0.15, 0.2) is 6.33 Å². The number of hydrogen-bond donors (Lipinski definition) is 4. The molecule has 4 N–H and O–H groups in total. The van der Waals surface area contributed by atoms with Gasteiger partial charge in [-0.2, -0.15) is 9.97 Å². The molecule has 0 aliphatic carbocycles. The molecule has 0 fully saturated rings. The lowest BCUT2D eigenvalue weighted by molar-refractivity contribution is 0.249. The number of aromatic nitrogens is 4. The zero-order chi connectivity index (χ0) is 14.5. The molecular formula is C13H22N6O. The van der Waals surface area contributed by atoms with Crippen molar-refractivity contribution in [2.24, 2.45) is 5.92 Å². The fraction of sp³-hybridized carbons (Fsp3) is 0.615. The lowest BCUT2D eigenvalue weighted by atomic mass is 10.1. The first-order valence-electron chi connectivity index (χ1n) is 6.98. The molecule has 0 saturated heterocycles. The van der Waals surface area contributed by atoms with Gasteiger partial charge in [-0.05, 0) is 12.3 Å². The molecule has 0 bridgehead atoms. The van der Waals surface area contributed by atoms with Crippen molar-refractivity contribution in [1.82, 2.24) is 19.9 Å². The van der Waals surface area contributed by atoms with E-state index in [1.54, 1.807) is 6.33 Å². The van der Waals surface area contributed by atoms with E-state index in [0.29, 0.717) is 23.3 Å². The van der Waals surface area contributed by atoms with Crippen LogP contribution in [0, 0.1) is 5.92 Å². The summed E-state index contributed by atoms with van der Waals surface area (Å²) in [6, 6.07) is -0.0598. The predicted molar refractivity (Wildman–Crippen MR) is 79.8 cm³/mol. The average molecular weight is 278 g/mol. The predicted octanol–water partition coefficient (Wildman–Crippen LogP) is 1.60. The Morgan fingerprint density at radius 3 is 2.80 bits per heavy atom. The number of aromatic amines is 1. The van der Waals surface area contributed by atoms with Gasteiger partial charge in [-0.25, -0.2) is 4.98 Å². The van der Waals surface area contributed by atoms with Gasteiger partial charge in [0, 0.05) is 6.54 Å². The van der Waals surface area contributed by atoms with Crippen LogP contribution in [0.4, 0.5) is 11.8 Å². The second kappa shape index (κ2) is 6.51. The van der Waals surface area contributed by atoms with E-state index < -0.39 is 0 Å². The van der Waals surface area contributed by atoms with E-state index in [-0.39, 0.29) is 12.6 Å². The van der Waals surface area contributed by atoms with Gasteiger partial charge in [0.2, 0.25) is 5.95 Å². The molecule has 0 amide bonds. The Balaban J connectivity index is 2.31. The Labute approximate surface area is 118 Å². The first kappa shape index (κ1) is 14.5. The van der Waals surface area contributed by atoms with Crippen molar-refractivity contribution in [2.45, 2.75) is 33.2 Å². The molecule has 0 saturated carbocycles. The third kappa shape index (κ3) is 3.16. The third-order valence-electron chi connectivity index (χ3n) is 3.14. The molecular weight excluding hydrogens is 256 g/mol. The van der Waals surface area contributed by atoms with Crippen molar-refractivity contribution in [3.63, 3.8) is 0 Å². The van der Waals surface area contributed by atoms with Crippen LogP contribution in [0.5, 0.6) is 0 Å². The Bertz CT molecular complexity index is 553. The van der Waals surface area contributed by atoms with E-state index in [1.165, 1.54) is 0 Å². The second-order valence-corrected chi connectivity index (χ2v) is 5.10. The number of nitrogens with one attached hydrogen (secondary N) is 3. The lowest BCUT2D eigenvalue weighted by Gasteiger charge is -2.21. The summed E-state index contributed by atoms with van der Waals surface area (Å²) in [5.74, 6) is 1.51. The maximum atomic E-state index is 9.44. The van der Waals surface area contributed by atoms with Gasteiger partial charge in [0.05, 0.1) is 19.0 Å². The largest absolute Gasteiger partial charge is 0.394 e. The van der Waals surface area contributed by atoms with E-state index in [2.05, 4.69) is 51.3 Å². The maximum absolute atomic E-state index is 9.44. The van der Waals surface area contributed by atoms with Gasteiger partial charge >= 0.3 is 0 Å². The van der Waals surface area contributed by atoms with Crippen LogP contribution in [0.2, 0.25) is 0 Å². The van der Waals surface area contributed by atoms with Crippen LogP contribution in [-0.2, 0) is 0 Å². The summed E-state index contributed by atoms with van der Waals surface area (Å²) < 4.78 is 0. The fourth-order valence-electron chi connectivity index (χ4n) is 1.85. The highest BCUT2D eigenvalue weighted by atomic mass is 16.3. The smallest absolute Gasteiger partial charge is 0.226 e. The van der Waals surface area contributed by atoms with Gasteiger partial charge in [0.15, 0.2) is 11.5 Å². The Morgan fingerprint density at radius 2 is 2.15 bits per heavy atom. The van der Waals surface area contributed by atoms with Crippen molar-refractivity contribution in [3.05, 3.63) is 6.33 Å². The molecule has 0 aliphatic heterocycles. The van der Waals surface area contributed by atoms with Crippen LogP contribution < -0.4 is 10.6 Å². The summed E-state index contributed by atoms with van der Waals surface area (Å²) in [5, 5.41) is 15.9. The summed E-state index contributed by atoms with van der Waals surface area (Å²) in [7, 11) is 0. The molecule has 0 aromatic carbocycles. The monoisotopic (exact) mass is 278 g/mol. The van der Waals surface area contributed by atoms with Gasteiger partial charge in [-0.15, -0.1) is 0 Å². The summed E-state index contributed by atoms with van der Waals surface area (Å²) in [6.45, 7) is 7.04. The number of nitrogens with zero attached hydrogens (tertiary/aromatic N) is 3. The van der Waals surface area contributed by atoms with Crippen LogP contribution >= 0.6 is 0 Å². The number of aliphatic hydroxyl groups excluding tert-OH is 1. The van der Waals surface area contributed by atoms with Crippen LogP contribution in [-0.4, -0.2) is 44.2 Å². The highest BCUT2D eigenvalue weighted by Crippen LogP contribution is 2.20. The zero-order valence-electron chi connectivity index (χ0n) is 12.1.